The lowest BCUT2D eigenvalue weighted by Gasteiger charge is -2.33. The van der Waals surface area contributed by atoms with Crippen LogP contribution in [0.2, 0.25) is 5.02 Å². The molecule has 1 N–H and O–H groups in total. The van der Waals surface area contributed by atoms with Gasteiger partial charge in [0, 0.05) is 30.4 Å². The standard InChI is InChI=1S/C13H18ClNO/c1-10-4-5-12(7-13(10)14)15-6-2-3-11(8-15)9-16/h4-5,7,11,16H,2-3,6,8-9H2,1H3. The minimum absolute atomic E-state index is 0.288. The number of nitrogens with zero attached hydrogens (tertiary/aromatic N) is 1. The smallest absolute Gasteiger partial charge is 0.0476 e. The molecule has 2 rings (SSSR count). The van der Waals surface area contributed by atoms with Crippen molar-refractivity contribution < 1.29 is 5.11 Å². The van der Waals surface area contributed by atoms with E-state index in [9.17, 15) is 5.11 Å². The zero-order valence-corrected chi connectivity index (χ0v) is 10.4. The highest BCUT2D eigenvalue weighted by molar-refractivity contribution is 6.31. The topological polar surface area (TPSA) is 23.5 Å². The molecule has 1 aromatic rings. The van der Waals surface area contributed by atoms with Crippen molar-refractivity contribution in [2.75, 3.05) is 24.6 Å². The summed E-state index contributed by atoms with van der Waals surface area (Å²) in [4.78, 5) is 2.32. The van der Waals surface area contributed by atoms with Gasteiger partial charge >= 0.3 is 0 Å². The highest BCUT2D eigenvalue weighted by atomic mass is 35.5. The van der Waals surface area contributed by atoms with Crippen LogP contribution in [0.25, 0.3) is 0 Å². The van der Waals surface area contributed by atoms with Gasteiger partial charge in [-0.15, -0.1) is 0 Å². The van der Waals surface area contributed by atoms with Crippen molar-refractivity contribution in [3.63, 3.8) is 0 Å². The number of benzene rings is 1. The number of piperidine rings is 1. The second-order valence-electron chi connectivity index (χ2n) is 4.57. The Kier molecular flexibility index (Phi) is 3.72. The molecule has 16 heavy (non-hydrogen) atoms. The molecule has 88 valence electrons. The first-order chi connectivity index (χ1) is 7.70. The Labute approximate surface area is 102 Å². The van der Waals surface area contributed by atoms with E-state index >= 15 is 0 Å². The minimum Gasteiger partial charge on any atom is -0.396 e. The van der Waals surface area contributed by atoms with Gasteiger partial charge < -0.3 is 10.0 Å². The Morgan fingerprint density at radius 2 is 2.31 bits per heavy atom. The monoisotopic (exact) mass is 239 g/mol. The van der Waals surface area contributed by atoms with Crippen molar-refractivity contribution in [2.24, 2.45) is 5.92 Å². The van der Waals surface area contributed by atoms with Crippen LogP contribution in [0.15, 0.2) is 18.2 Å². The van der Waals surface area contributed by atoms with E-state index in [1.807, 2.05) is 13.0 Å². The molecule has 1 saturated heterocycles. The molecule has 1 heterocycles. The summed E-state index contributed by atoms with van der Waals surface area (Å²) in [6, 6.07) is 6.19. The third-order valence-electron chi connectivity index (χ3n) is 3.30. The van der Waals surface area contributed by atoms with Gasteiger partial charge in [0.05, 0.1) is 0 Å². The normalized spacial score (nSPS) is 21.2. The molecule has 1 unspecified atom stereocenters. The van der Waals surface area contributed by atoms with E-state index in [1.165, 1.54) is 5.69 Å². The van der Waals surface area contributed by atoms with E-state index in [-0.39, 0.29) is 6.61 Å². The fraction of sp³-hybridized carbons (Fsp3) is 0.538. The number of aryl methyl sites for hydroxylation is 1. The van der Waals surface area contributed by atoms with Crippen LogP contribution in [0.4, 0.5) is 5.69 Å². The van der Waals surface area contributed by atoms with Gasteiger partial charge in [0.25, 0.3) is 0 Å². The number of halogens is 1. The van der Waals surface area contributed by atoms with Crippen molar-refractivity contribution in [2.45, 2.75) is 19.8 Å². The van der Waals surface area contributed by atoms with Crippen LogP contribution in [-0.2, 0) is 0 Å². The second kappa shape index (κ2) is 5.07. The Bertz CT molecular complexity index is 367. The highest BCUT2D eigenvalue weighted by Gasteiger charge is 2.19. The van der Waals surface area contributed by atoms with Crippen LogP contribution >= 0.6 is 11.6 Å². The number of hydrogen-bond acceptors (Lipinski definition) is 2. The van der Waals surface area contributed by atoms with E-state index < -0.39 is 0 Å². The second-order valence-corrected chi connectivity index (χ2v) is 4.98. The summed E-state index contributed by atoms with van der Waals surface area (Å²) < 4.78 is 0. The van der Waals surface area contributed by atoms with E-state index in [0.717, 1.165) is 36.5 Å². The largest absolute Gasteiger partial charge is 0.396 e. The average molecular weight is 240 g/mol. The SMILES string of the molecule is Cc1ccc(N2CCCC(CO)C2)cc1Cl. The van der Waals surface area contributed by atoms with E-state index in [0.29, 0.717) is 5.92 Å². The minimum atomic E-state index is 0.288. The molecule has 0 bridgehead atoms. The Balaban J connectivity index is 2.13. The summed E-state index contributed by atoms with van der Waals surface area (Å²) in [6.07, 6.45) is 2.28. The number of hydrogen-bond donors (Lipinski definition) is 1. The highest BCUT2D eigenvalue weighted by Crippen LogP contribution is 2.27. The van der Waals surface area contributed by atoms with Gasteiger partial charge in [-0.3, -0.25) is 0 Å². The first kappa shape index (κ1) is 11.7. The molecule has 1 aliphatic rings. The lowest BCUT2D eigenvalue weighted by Crippen LogP contribution is -2.36. The predicted molar refractivity (Wildman–Crippen MR) is 68.2 cm³/mol. The first-order valence-electron chi connectivity index (χ1n) is 5.82. The lowest BCUT2D eigenvalue weighted by molar-refractivity contribution is 0.209. The Hall–Kier alpha value is -0.730. The maximum absolute atomic E-state index is 9.20. The van der Waals surface area contributed by atoms with Gasteiger partial charge in [-0.1, -0.05) is 17.7 Å². The van der Waals surface area contributed by atoms with Crippen molar-refractivity contribution >= 4 is 17.3 Å². The summed E-state index contributed by atoms with van der Waals surface area (Å²) >= 11 is 6.13. The van der Waals surface area contributed by atoms with E-state index in [1.54, 1.807) is 0 Å². The summed E-state index contributed by atoms with van der Waals surface area (Å²) in [7, 11) is 0. The van der Waals surface area contributed by atoms with Crippen molar-refractivity contribution in [1.82, 2.24) is 0 Å². The van der Waals surface area contributed by atoms with Crippen molar-refractivity contribution in [3.05, 3.63) is 28.8 Å². The maximum Gasteiger partial charge on any atom is 0.0476 e. The number of aliphatic hydroxyl groups is 1. The summed E-state index contributed by atoms with van der Waals surface area (Å²) in [6.45, 7) is 4.31. The molecular weight excluding hydrogens is 222 g/mol. The third kappa shape index (κ3) is 2.50. The predicted octanol–water partition coefficient (Wildman–Crippen LogP) is 2.86. The summed E-state index contributed by atoms with van der Waals surface area (Å²) in [5.41, 5.74) is 2.29. The first-order valence-corrected chi connectivity index (χ1v) is 6.20. The average Bonchev–Trinajstić information content (AvgIpc) is 2.33. The van der Waals surface area contributed by atoms with Crippen LogP contribution in [0, 0.1) is 12.8 Å². The molecule has 0 radical (unpaired) electrons. The summed E-state index contributed by atoms with van der Waals surface area (Å²) in [5.74, 6) is 0.411. The van der Waals surface area contributed by atoms with E-state index in [2.05, 4.69) is 17.0 Å². The van der Waals surface area contributed by atoms with Crippen LogP contribution < -0.4 is 4.90 Å². The Morgan fingerprint density at radius 1 is 1.50 bits per heavy atom. The van der Waals surface area contributed by atoms with E-state index in [4.69, 9.17) is 11.6 Å². The molecular formula is C13H18ClNO. The van der Waals surface area contributed by atoms with Crippen molar-refractivity contribution in [1.29, 1.82) is 0 Å². The molecule has 1 aromatic carbocycles. The molecule has 0 aliphatic carbocycles. The number of anilines is 1. The molecule has 1 aliphatic heterocycles. The molecule has 0 amide bonds. The molecule has 3 heteroatoms. The molecule has 2 nitrogen and oxygen atoms in total. The van der Waals surface area contributed by atoms with Gasteiger partial charge in [-0.2, -0.15) is 0 Å². The molecule has 0 saturated carbocycles. The molecule has 0 aromatic heterocycles. The number of aliphatic hydroxyl groups excluding tert-OH is 1. The van der Waals surface area contributed by atoms with Crippen molar-refractivity contribution in [3.8, 4) is 0 Å². The van der Waals surface area contributed by atoms with Gasteiger partial charge in [-0.25, -0.2) is 0 Å². The molecule has 1 atom stereocenters. The lowest BCUT2D eigenvalue weighted by atomic mass is 9.98. The quantitative estimate of drug-likeness (QED) is 0.858. The van der Waals surface area contributed by atoms with Gasteiger partial charge in [0.1, 0.15) is 0 Å². The van der Waals surface area contributed by atoms with Gasteiger partial charge in [0.15, 0.2) is 0 Å². The zero-order chi connectivity index (χ0) is 11.5. The maximum atomic E-state index is 9.20. The fourth-order valence-electron chi connectivity index (χ4n) is 2.23. The van der Waals surface area contributed by atoms with Crippen LogP contribution in [-0.4, -0.2) is 24.8 Å². The molecule has 1 fully saturated rings. The van der Waals surface area contributed by atoms with Gasteiger partial charge in [0.2, 0.25) is 0 Å². The van der Waals surface area contributed by atoms with Crippen LogP contribution in [0.5, 0.6) is 0 Å². The summed E-state index contributed by atoms with van der Waals surface area (Å²) in [5, 5.41) is 10.0. The number of rotatable bonds is 2. The van der Waals surface area contributed by atoms with Crippen LogP contribution in [0.3, 0.4) is 0 Å². The van der Waals surface area contributed by atoms with Crippen LogP contribution in [0.1, 0.15) is 18.4 Å². The fourth-order valence-corrected chi connectivity index (χ4v) is 2.40. The zero-order valence-electron chi connectivity index (χ0n) is 9.62. The van der Waals surface area contributed by atoms with Gasteiger partial charge in [-0.05, 0) is 43.4 Å². The Morgan fingerprint density at radius 3 is 3.00 bits per heavy atom. The third-order valence-corrected chi connectivity index (χ3v) is 3.70. The molecule has 0 spiro atoms.